The van der Waals surface area contributed by atoms with E-state index in [1.54, 1.807) is 0 Å². The Hall–Kier alpha value is -0.249. The molecule has 0 unspecified atom stereocenters. The van der Waals surface area contributed by atoms with Crippen molar-refractivity contribution in [2.75, 3.05) is 13.2 Å². The first-order valence-electron chi connectivity index (χ1n) is 8.29. The van der Waals surface area contributed by atoms with Gasteiger partial charge in [-0.05, 0) is 57.3 Å². The van der Waals surface area contributed by atoms with Crippen LogP contribution in [0.25, 0.3) is 0 Å². The van der Waals surface area contributed by atoms with E-state index in [9.17, 15) is 0 Å². The molecule has 1 rings (SSSR count). The fraction of sp³-hybridized carbons (Fsp3) is 0.625. The van der Waals surface area contributed by atoms with Gasteiger partial charge in [0.25, 0.3) is 0 Å². The lowest BCUT2D eigenvalue weighted by molar-refractivity contribution is 0.214. The summed E-state index contributed by atoms with van der Waals surface area (Å²) in [5.41, 5.74) is 0. The molecule has 0 radical (unpaired) electrons. The quantitative estimate of drug-likeness (QED) is 0.599. The van der Waals surface area contributed by atoms with Crippen molar-refractivity contribution < 1.29 is 13.0 Å². The Morgan fingerprint density at radius 2 is 1.45 bits per heavy atom. The molecule has 0 atom stereocenters. The van der Waals surface area contributed by atoms with Crippen LogP contribution in [0.5, 0.6) is 0 Å². The smallest absolute Gasteiger partial charge is 0.321 e. The molecule has 0 aromatic heterocycles. The van der Waals surface area contributed by atoms with E-state index in [0.717, 1.165) is 25.3 Å². The number of rotatable bonds is 10. The topological polar surface area (TPSA) is 27.7 Å². The standard InChI is InChI=1S/C16H32O3Si3/c1-7-17-20(18-8-2)14-15-21(3,4)19-22(5,6)16-12-10-9-11-13-16/h9-13,20H,7-8,14-15H2,1-6H3. The van der Waals surface area contributed by atoms with Crippen molar-refractivity contribution in [1.82, 2.24) is 0 Å². The largest absolute Gasteiger partial charge is 0.452 e. The van der Waals surface area contributed by atoms with Crippen molar-refractivity contribution in [3.63, 3.8) is 0 Å². The minimum absolute atomic E-state index is 0.754. The zero-order valence-corrected chi connectivity index (χ0v) is 18.2. The van der Waals surface area contributed by atoms with Gasteiger partial charge >= 0.3 is 9.28 Å². The van der Waals surface area contributed by atoms with E-state index in [1.807, 2.05) is 13.8 Å². The van der Waals surface area contributed by atoms with Crippen molar-refractivity contribution in [1.29, 1.82) is 0 Å². The molecule has 0 N–H and O–H groups in total. The lowest BCUT2D eigenvalue weighted by Crippen LogP contribution is -2.52. The van der Waals surface area contributed by atoms with E-state index in [-0.39, 0.29) is 0 Å². The molecule has 3 nitrogen and oxygen atoms in total. The highest BCUT2D eigenvalue weighted by Gasteiger charge is 2.35. The monoisotopic (exact) mass is 356 g/mol. The van der Waals surface area contributed by atoms with Gasteiger partial charge in [-0.15, -0.1) is 0 Å². The van der Waals surface area contributed by atoms with E-state index in [1.165, 1.54) is 5.19 Å². The van der Waals surface area contributed by atoms with Crippen molar-refractivity contribution >= 4 is 31.1 Å². The van der Waals surface area contributed by atoms with Crippen molar-refractivity contribution in [2.45, 2.75) is 52.1 Å². The molecule has 0 saturated carbocycles. The third-order valence-corrected chi connectivity index (χ3v) is 13.9. The highest BCUT2D eigenvalue weighted by atomic mass is 28.4. The minimum atomic E-state index is -1.83. The van der Waals surface area contributed by atoms with Crippen LogP contribution in [0.3, 0.4) is 0 Å². The van der Waals surface area contributed by atoms with E-state index in [4.69, 9.17) is 13.0 Å². The summed E-state index contributed by atoms with van der Waals surface area (Å²) < 4.78 is 18.3. The highest BCUT2D eigenvalue weighted by Crippen LogP contribution is 2.21. The lowest BCUT2D eigenvalue weighted by Gasteiger charge is -2.34. The molecule has 1 aromatic carbocycles. The summed E-state index contributed by atoms with van der Waals surface area (Å²) >= 11 is 0. The second kappa shape index (κ2) is 9.15. The molecule has 126 valence electrons. The molecule has 0 aliphatic heterocycles. The van der Waals surface area contributed by atoms with Gasteiger partial charge in [0.1, 0.15) is 0 Å². The van der Waals surface area contributed by atoms with E-state index >= 15 is 0 Å². The van der Waals surface area contributed by atoms with Crippen LogP contribution in [0, 0.1) is 0 Å². The summed E-state index contributed by atoms with van der Waals surface area (Å²) in [5, 5.41) is 1.37. The molecule has 0 bridgehead atoms. The van der Waals surface area contributed by atoms with Crippen LogP contribution >= 0.6 is 0 Å². The van der Waals surface area contributed by atoms with Crippen molar-refractivity contribution in [3.8, 4) is 0 Å². The van der Waals surface area contributed by atoms with Gasteiger partial charge in [0.2, 0.25) is 8.32 Å². The first-order valence-corrected chi connectivity index (χ1v) is 16.1. The summed E-state index contributed by atoms with van der Waals surface area (Å²) in [6.07, 6.45) is 0. The molecule has 0 saturated heterocycles. The molecule has 0 amide bonds. The Bertz CT molecular complexity index is 418. The van der Waals surface area contributed by atoms with Crippen LogP contribution in [0.2, 0.25) is 38.3 Å². The van der Waals surface area contributed by atoms with Gasteiger partial charge in [0.15, 0.2) is 8.32 Å². The van der Waals surface area contributed by atoms with Crippen LogP contribution in [0.1, 0.15) is 13.8 Å². The number of hydrogen-bond donors (Lipinski definition) is 0. The van der Waals surface area contributed by atoms with Gasteiger partial charge in [-0.1, -0.05) is 30.3 Å². The lowest BCUT2D eigenvalue weighted by atomic mass is 10.4. The Labute approximate surface area is 140 Å². The fourth-order valence-electron chi connectivity index (χ4n) is 2.69. The average Bonchev–Trinajstić information content (AvgIpc) is 2.45. The Balaban J connectivity index is 2.62. The van der Waals surface area contributed by atoms with Crippen LogP contribution in [-0.4, -0.2) is 39.1 Å². The second-order valence-electron chi connectivity index (χ2n) is 6.62. The third kappa shape index (κ3) is 6.89. The Kier molecular flexibility index (Phi) is 8.23. The number of benzene rings is 1. The maximum Gasteiger partial charge on any atom is 0.321 e. The average molecular weight is 357 g/mol. The van der Waals surface area contributed by atoms with Crippen LogP contribution < -0.4 is 5.19 Å². The van der Waals surface area contributed by atoms with Crippen molar-refractivity contribution in [2.24, 2.45) is 0 Å². The van der Waals surface area contributed by atoms with E-state index in [0.29, 0.717) is 0 Å². The summed E-state index contributed by atoms with van der Waals surface area (Å²) in [4.78, 5) is 0. The first-order chi connectivity index (χ1) is 10.3. The van der Waals surface area contributed by atoms with Gasteiger partial charge in [0.05, 0.1) is 0 Å². The Morgan fingerprint density at radius 1 is 0.909 bits per heavy atom. The predicted octanol–water partition coefficient (Wildman–Crippen LogP) is 3.61. The molecule has 0 heterocycles. The highest BCUT2D eigenvalue weighted by molar-refractivity contribution is 6.92. The molecule has 1 aromatic rings. The van der Waals surface area contributed by atoms with E-state index in [2.05, 4.69) is 56.5 Å². The molecule has 0 aliphatic rings. The minimum Gasteiger partial charge on any atom is -0.452 e. The predicted molar refractivity (Wildman–Crippen MR) is 102 cm³/mol. The summed E-state index contributed by atoms with van der Waals surface area (Å²) in [5.74, 6) is 0. The fourth-order valence-corrected chi connectivity index (χ4v) is 15.0. The van der Waals surface area contributed by atoms with Crippen LogP contribution in [0.15, 0.2) is 30.3 Å². The normalized spacial score (nSPS) is 12.9. The Morgan fingerprint density at radius 3 is 1.95 bits per heavy atom. The third-order valence-electron chi connectivity index (χ3n) is 3.69. The maximum atomic E-state index is 6.71. The molecule has 0 aliphatic carbocycles. The zero-order chi connectivity index (χ0) is 16.6. The molecule has 22 heavy (non-hydrogen) atoms. The zero-order valence-electron chi connectivity index (χ0n) is 15.0. The van der Waals surface area contributed by atoms with Gasteiger partial charge in [0, 0.05) is 13.2 Å². The van der Waals surface area contributed by atoms with Crippen molar-refractivity contribution in [3.05, 3.63) is 30.3 Å². The summed E-state index contributed by atoms with van der Waals surface area (Å²) in [6.45, 7) is 14.9. The van der Waals surface area contributed by atoms with Crippen LogP contribution in [-0.2, 0) is 13.0 Å². The summed E-state index contributed by atoms with van der Waals surface area (Å²) in [6, 6.07) is 12.9. The summed E-state index contributed by atoms with van der Waals surface area (Å²) in [7, 11) is -5.04. The van der Waals surface area contributed by atoms with Crippen LogP contribution in [0.4, 0.5) is 0 Å². The van der Waals surface area contributed by atoms with Gasteiger partial charge in [-0.3, -0.25) is 0 Å². The van der Waals surface area contributed by atoms with Gasteiger partial charge in [-0.25, -0.2) is 0 Å². The first kappa shape index (κ1) is 19.8. The van der Waals surface area contributed by atoms with Gasteiger partial charge < -0.3 is 13.0 Å². The SMILES string of the molecule is CCO[SiH](CC[Si](C)(C)O[Si](C)(C)c1ccccc1)OCC. The van der Waals surface area contributed by atoms with E-state index < -0.39 is 25.9 Å². The second-order valence-corrected chi connectivity index (χ2v) is 17.2. The molecule has 0 fully saturated rings. The molecule has 0 spiro atoms. The van der Waals surface area contributed by atoms with Gasteiger partial charge in [-0.2, -0.15) is 0 Å². The number of hydrogen-bond acceptors (Lipinski definition) is 3. The molecule has 6 heteroatoms. The molecular weight excluding hydrogens is 324 g/mol. The molecular formula is C16H32O3Si3. The maximum absolute atomic E-state index is 6.71.